The maximum Gasteiger partial charge on any atom is 0.326 e. The summed E-state index contributed by atoms with van der Waals surface area (Å²) in [5.74, 6) is -0.938. The van der Waals surface area contributed by atoms with Crippen LogP contribution in [0.2, 0.25) is 0 Å². The van der Waals surface area contributed by atoms with Crippen molar-refractivity contribution in [2.75, 3.05) is 25.1 Å². The van der Waals surface area contributed by atoms with E-state index in [1.807, 2.05) is 77.9 Å². The third-order valence-electron chi connectivity index (χ3n) is 8.13. The Bertz CT molecular complexity index is 1690. The van der Waals surface area contributed by atoms with Crippen LogP contribution in [0.4, 0.5) is 0 Å². The normalized spacial score (nSPS) is 12.5. The summed E-state index contributed by atoms with van der Waals surface area (Å²) < 4.78 is 0. The molecule has 48 heavy (non-hydrogen) atoms. The van der Waals surface area contributed by atoms with Gasteiger partial charge in [0.1, 0.15) is 6.04 Å². The monoisotopic (exact) mass is 667 g/mol. The van der Waals surface area contributed by atoms with Crippen molar-refractivity contribution in [3.63, 3.8) is 0 Å². The van der Waals surface area contributed by atoms with Crippen LogP contribution < -0.4 is 10.6 Å². The number of amides is 2. The molecule has 3 N–H and O–H groups in total. The molecule has 8 nitrogen and oxygen atoms in total. The zero-order valence-corrected chi connectivity index (χ0v) is 28.7. The fourth-order valence-corrected chi connectivity index (χ4v) is 6.42. The number of benzene rings is 4. The highest BCUT2D eigenvalue weighted by Gasteiger charge is 2.25. The van der Waals surface area contributed by atoms with Gasteiger partial charge >= 0.3 is 5.97 Å². The Balaban J connectivity index is 1.55. The summed E-state index contributed by atoms with van der Waals surface area (Å²) in [7, 11) is 0. The minimum Gasteiger partial charge on any atom is -0.480 e. The zero-order valence-electron chi connectivity index (χ0n) is 27.9. The van der Waals surface area contributed by atoms with Crippen molar-refractivity contribution < 1.29 is 24.3 Å². The lowest BCUT2D eigenvalue weighted by atomic mass is 9.96. The molecule has 0 aliphatic rings. The van der Waals surface area contributed by atoms with Crippen LogP contribution in [-0.2, 0) is 27.3 Å². The Kier molecular flexibility index (Phi) is 13.8. The number of carbonyl (C=O) groups excluding carboxylic acids is 3. The molecule has 252 valence electrons. The van der Waals surface area contributed by atoms with E-state index in [1.54, 1.807) is 30.3 Å². The van der Waals surface area contributed by atoms with Crippen LogP contribution in [-0.4, -0.2) is 70.8 Å². The molecule has 0 aliphatic heterocycles. The number of aliphatic carboxylic acids is 1. The second kappa shape index (κ2) is 18.2. The fraction of sp³-hybridized carbons (Fsp3) is 0.333. The van der Waals surface area contributed by atoms with Gasteiger partial charge in [-0.1, -0.05) is 111 Å². The molecule has 0 saturated carbocycles. The minimum atomic E-state index is -1.06. The van der Waals surface area contributed by atoms with Crippen molar-refractivity contribution in [2.45, 2.75) is 51.7 Å². The lowest BCUT2D eigenvalue weighted by molar-refractivity contribution is -0.142. The summed E-state index contributed by atoms with van der Waals surface area (Å²) in [6, 6.07) is 29.0. The first kappa shape index (κ1) is 36.4. The van der Waals surface area contributed by atoms with E-state index in [0.29, 0.717) is 48.4 Å². The smallest absolute Gasteiger partial charge is 0.326 e. The molecule has 4 aromatic rings. The molecule has 0 saturated heterocycles. The molecule has 4 aromatic carbocycles. The van der Waals surface area contributed by atoms with E-state index in [4.69, 9.17) is 0 Å². The lowest BCUT2D eigenvalue weighted by Crippen LogP contribution is -2.49. The summed E-state index contributed by atoms with van der Waals surface area (Å²) >= 11 is 1.53. The summed E-state index contributed by atoms with van der Waals surface area (Å²) in [5.41, 5.74) is 2.72. The molecular weight excluding hydrogens is 623 g/mol. The van der Waals surface area contributed by atoms with E-state index in [2.05, 4.69) is 24.5 Å². The first-order valence-electron chi connectivity index (χ1n) is 16.3. The maximum absolute atomic E-state index is 13.6. The van der Waals surface area contributed by atoms with Gasteiger partial charge in [0.25, 0.3) is 0 Å². The first-order valence-corrected chi connectivity index (χ1v) is 17.7. The van der Waals surface area contributed by atoms with Crippen LogP contribution in [0.25, 0.3) is 10.8 Å². The van der Waals surface area contributed by atoms with Crippen molar-refractivity contribution >= 4 is 46.1 Å². The molecule has 0 radical (unpaired) electrons. The Morgan fingerprint density at radius 2 is 1.46 bits per heavy atom. The number of carboxylic acid groups (broad SMARTS) is 1. The van der Waals surface area contributed by atoms with Crippen molar-refractivity contribution in [1.82, 2.24) is 15.5 Å². The second-order valence-corrected chi connectivity index (χ2v) is 13.5. The quantitative estimate of drug-likeness (QED) is 0.112. The molecular formula is C39H45N3O5S. The van der Waals surface area contributed by atoms with Crippen LogP contribution >= 0.6 is 11.8 Å². The SMILES string of the molecule is CSCCC(NC(=O)CN(Cc1cccc2ccccc12)CC(CC(C)C)NC(=O)Cc1ccccc1C(=O)c1ccccc1)C(=O)O. The van der Waals surface area contributed by atoms with Gasteiger partial charge in [-0.3, -0.25) is 19.3 Å². The summed E-state index contributed by atoms with van der Waals surface area (Å²) in [4.78, 5) is 54.1. The van der Waals surface area contributed by atoms with E-state index in [0.717, 1.165) is 16.3 Å². The van der Waals surface area contributed by atoms with Gasteiger partial charge in [-0.05, 0) is 52.7 Å². The highest BCUT2D eigenvalue weighted by atomic mass is 32.2. The predicted octanol–water partition coefficient (Wildman–Crippen LogP) is 5.97. The van der Waals surface area contributed by atoms with Gasteiger partial charge in [-0.2, -0.15) is 11.8 Å². The van der Waals surface area contributed by atoms with E-state index in [1.165, 1.54) is 11.8 Å². The predicted molar refractivity (Wildman–Crippen MR) is 193 cm³/mol. The lowest BCUT2D eigenvalue weighted by Gasteiger charge is -2.30. The standard InChI is InChI=1S/C39H45N3O5S/c1-27(2)22-32(40-36(43)23-30-15-8-10-19-34(30)38(45)29-13-5-4-6-14-29)25-42(26-37(44)41-35(39(46)47)20-21-48-3)24-31-17-11-16-28-12-7-9-18-33(28)31/h4-19,27,32,35H,20-26H2,1-3H3,(H,40,43)(H,41,44)(H,46,47). The molecule has 0 bridgehead atoms. The molecule has 0 spiro atoms. The zero-order chi connectivity index (χ0) is 34.5. The van der Waals surface area contributed by atoms with Crippen LogP contribution in [0.3, 0.4) is 0 Å². The van der Waals surface area contributed by atoms with E-state index < -0.39 is 12.0 Å². The Hall–Kier alpha value is -4.47. The largest absolute Gasteiger partial charge is 0.480 e. The Morgan fingerprint density at radius 1 is 0.792 bits per heavy atom. The number of hydrogen-bond donors (Lipinski definition) is 3. The van der Waals surface area contributed by atoms with Crippen molar-refractivity contribution in [1.29, 1.82) is 0 Å². The van der Waals surface area contributed by atoms with E-state index >= 15 is 0 Å². The maximum atomic E-state index is 13.6. The number of nitrogens with one attached hydrogen (secondary N) is 2. The van der Waals surface area contributed by atoms with Gasteiger partial charge in [-0.15, -0.1) is 0 Å². The second-order valence-electron chi connectivity index (χ2n) is 12.5. The first-order chi connectivity index (χ1) is 23.1. The van der Waals surface area contributed by atoms with Gasteiger partial charge in [0.2, 0.25) is 11.8 Å². The molecule has 9 heteroatoms. The third-order valence-corrected chi connectivity index (χ3v) is 8.78. The number of carboxylic acids is 1. The van der Waals surface area contributed by atoms with Crippen LogP contribution in [0.1, 0.15) is 53.7 Å². The summed E-state index contributed by atoms with van der Waals surface area (Å²) in [6.07, 6.45) is 2.92. The molecule has 0 aromatic heterocycles. The van der Waals surface area contributed by atoms with E-state index in [-0.39, 0.29) is 42.5 Å². The van der Waals surface area contributed by atoms with Gasteiger partial charge in [0.15, 0.2) is 5.78 Å². The van der Waals surface area contributed by atoms with Crippen LogP contribution in [0.15, 0.2) is 97.1 Å². The summed E-state index contributed by atoms with van der Waals surface area (Å²) in [5, 5.41) is 17.8. The van der Waals surface area contributed by atoms with Gasteiger partial charge in [0.05, 0.1) is 13.0 Å². The van der Waals surface area contributed by atoms with Gasteiger partial charge in [-0.25, -0.2) is 4.79 Å². The third kappa shape index (κ3) is 10.8. The van der Waals surface area contributed by atoms with Gasteiger partial charge in [0, 0.05) is 30.3 Å². The number of carbonyl (C=O) groups is 4. The van der Waals surface area contributed by atoms with Crippen molar-refractivity contribution in [3.05, 3.63) is 119 Å². The molecule has 0 heterocycles. The number of thioether (sulfide) groups is 1. The molecule has 0 fully saturated rings. The Labute approximate surface area is 287 Å². The van der Waals surface area contributed by atoms with Crippen molar-refractivity contribution in [3.8, 4) is 0 Å². The topological polar surface area (TPSA) is 116 Å². The van der Waals surface area contributed by atoms with Crippen molar-refractivity contribution in [2.24, 2.45) is 5.92 Å². The molecule has 4 rings (SSSR count). The average Bonchev–Trinajstić information content (AvgIpc) is 3.06. The number of fused-ring (bicyclic) bond motifs is 1. The molecule has 0 aliphatic carbocycles. The molecule has 2 amide bonds. The highest BCUT2D eigenvalue weighted by molar-refractivity contribution is 7.98. The Morgan fingerprint density at radius 3 is 2.19 bits per heavy atom. The van der Waals surface area contributed by atoms with Gasteiger partial charge < -0.3 is 15.7 Å². The number of ketones is 1. The number of rotatable bonds is 18. The number of nitrogens with zero attached hydrogens (tertiary/aromatic N) is 1. The average molecular weight is 668 g/mol. The summed E-state index contributed by atoms with van der Waals surface area (Å²) in [6.45, 7) is 4.92. The fourth-order valence-electron chi connectivity index (χ4n) is 5.94. The molecule has 2 atom stereocenters. The van der Waals surface area contributed by atoms with E-state index in [9.17, 15) is 24.3 Å². The minimum absolute atomic E-state index is 0.0306. The number of hydrogen-bond acceptors (Lipinski definition) is 6. The van der Waals surface area contributed by atoms with Crippen LogP contribution in [0, 0.1) is 5.92 Å². The van der Waals surface area contributed by atoms with Crippen LogP contribution in [0.5, 0.6) is 0 Å². The molecule has 2 unspecified atom stereocenters. The highest BCUT2D eigenvalue weighted by Crippen LogP contribution is 2.21.